The minimum absolute atomic E-state index is 0.00580. The Morgan fingerprint density at radius 1 is 1.32 bits per heavy atom. The summed E-state index contributed by atoms with van der Waals surface area (Å²) >= 11 is 0. The molecule has 0 bridgehead atoms. The van der Waals surface area contributed by atoms with E-state index in [0.29, 0.717) is 6.54 Å². The van der Waals surface area contributed by atoms with E-state index in [4.69, 9.17) is 10.7 Å². The summed E-state index contributed by atoms with van der Waals surface area (Å²) in [6, 6.07) is 15.2. The topological polar surface area (TPSA) is 84.4 Å². The summed E-state index contributed by atoms with van der Waals surface area (Å²) in [5.74, 6) is 0.559. The first-order chi connectivity index (χ1) is 14.9. The van der Waals surface area contributed by atoms with Crippen LogP contribution in [0.2, 0.25) is 0 Å². The largest absolute Gasteiger partial charge is 0.390 e. The number of aliphatic hydroxyl groups excluding tert-OH is 1. The van der Waals surface area contributed by atoms with Crippen molar-refractivity contribution in [2.24, 2.45) is 11.7 Å². The summed E-state index contributed by atoms with van der Waals surface area (Å²) < 4.78 is 2.20. The number of benzene rings is 2. The Labute approximate surface area is 182 Å². The van der Waals surface area contributed by atoms with E-state index >= 15 is 0 Å². The number of carbonyl (C=O) groups is 1. The summed E-state index contributed by atoms with van der Waals surface area (Å²) in [5.41, 5.74) is 11.2. The van der Waals surface area contributed by atoms with E-state index in [-0.39, 0.29) is 23.8 Å². The van der Waals surface area contributed by atoms with Gasteiger partial charge in [0.1, 0.15) is 5.82 Å². The van der Waals surface area contributed by atoms with Crippen molar-refractivity contribution in [2.75, 3.05) is 19.6 Å². The summed E-state index contributed by atoms with van der Waals surface area (Å²) in [7, 11) is 0. The Morgan fingerprint density at radius 3 is 2.94 bits per heavy atom. The van der Waals surface area contributed by atoms with Gasteiger partial charge in [-0.1, -0.05) is 24.3 Å². The molecular weight excluding hydrogens is 388 g/mol. The van der Waals surface area contributed by atoms with Gasteiger partial charge in [0, 0.05) is 19.6 Å². The van der Waals surface area contributed by atoms with Gasteiger partial charge in [0.25, 0.3) is 0 Å². The average Bonchev–Trinajstić information content (AvgIpc) is 3.24. The second kappa shape index (κ2) is 7.77. The minimum atomic E-state index is -0.490. The number of imidazole rings is 1. The third-order valence-electron chi connectivity index (χ3n) is 7.06. The average molecular weight is 418 g/mol. The number of aliphatic hydroxyl groups is 1. The van der Waals surface area contributed by atoms with E-state index in [1.807, 2.05) is 25.1 Å². The maximum atomic E-state index is 12.2. The van der Waals surface area contributed by atoms with Crippen molar-refractivity contribution in [3.63, 3.8) is 0 Å². The molecular formula is C25H29N4O2. The number of nitrogens with zero attached hydrogens (tertiary/aromatic N) is 3. The highest BCUT2D eigenvalue weighted by atomic mass is 16.3. The monoisotopic (exact) mass is 417 g/mol. The molecule has 3 aromatic rings. The van der Waals surface area contributed by atoms with Gasteiger partial charge in [0.15, 0.2) is 0 Å². The van der Waals surface area contributed by atoms with Gasteiger partial charge in [-0.15, -0.1) is 0 Å². The molecule has 1 amide bonds. The van der Waals surface area contributed by atoms with Gasteiger partial charge in [-0.3, -0.25) is 4.79 Å². The van der Waals surface area contributed by atoms with E-state index in [2.05, 4.69) is 40.7 Å². The van der Waals surface area contributed by atoms with Gasteiger partial charge in [-0.2, -0.15) is 0 Å². The first-order valence-electron chi connectivity index (χ1n) is 11.1. The molecule has 1 aromatic heterocycles. The fourth-order valence-corrected chi connectivity index (χ4v) is 5.70. The highest BCUT2D eigenvalue weighted by Gasteiger charge is 2.39. The molecule has 1 unspecified atom stereocenters. The van der Waals surface area contributed by atoms with Crippen LogP contribution in [0.25, 0.3) is 11.0 Å². The van der Waals surface area contributed by atoms with Crippen LogP contribution in [0.15, 0.2) is 36.4 Å². The molecule has 3 N–H and O–H groups in total. The molecule has 1 radical (unpaired) electrons. The van der Waals surface area contributed by atoms with Crippen LogP contribution >= 0.6 is 0 Å². The maximum Gasteiger partial charge on any atom is 0.225 e. The Bertz CT molecular complexity index is 1140. The number of rotatable bonds is 4. The number of fused-ring (bicyclic) bond motifs is 2. The van der Waals surface area contributed by atoms with Crippen LogP contribution in [0.4, 0.5) is 0 Å². The minimum Gasteiger partial charge on any atom is -0.390 e. The van der Waals surface area contributed by atoms with Gasteiger partial charge >= 0.3 is 0 Å². The Hall–Kier alpha value is -2.70. The molecule has 1 saturated heterocycles. The lowest BCUT2D eigenvalue weighted by Gasteiger charge is -2.38. The molecule has 4 atom stereocenters. The Morgan fingerprint density at radius 2 is 2.16 bits per heavy atom. The number of nitrogens with two attached hydrogens (primary N) is 1. The number of aromatic nitrogens is 2. The number of primary amides is 1. The smallest absolute Gasteiger partial charge is 0.225 e. The molecule has 161 valence electrons. The molecule has 0 saturated carbocycles. The van der Waals surface area contributed by atoms with Crippen molar-refractivity contribution in [3.8, 4) is 0 Å². The molecule has 1 aliphatic heterocycles. The fourth-order valence-electron chi connectivity index (χ4n) is 5.70. The fraction of sp³-hybridized carbons (Fsp3) is 0.440. The van der Waals surface area contributed by atoms with Crippen LogP contribution in [-0.2, 0) is 11.2 Å². The molecule has 5 rings (SSSR count). The lowest BCUT2D eigenvalue weighted by molar-refractivity contribution is -0.120. The molecule has 6 nitrogen and oxygen atoms in total. The van der Waals surface area contributed by atoms with Crippen LogP contribution in [-0.4, -0.2) is 51.2 Å². The van der Waals surface area contributed by atoms with Crippen molar-refractivity contribution in [1.29, 1.82) is 0 Å². The second-order valence-corrected chi connectivity index (χ2v) is 9.17. The summed E-state index contributed by atoms with van der Waals surface area (Å²) in [6.45, 7) is 6.30. The summed E-state index contributed by atoms with van der Waals surface area (Å²) in [4.78, 5) is 19.2. The quantitative estimate of drug-likeness (QED) is 0.683. The highest BCUT2D eigenvalue weighted by Crippen LogP contribution is 2.39. The lowest BCUT2D eigenvalue weighted by atomic mass is 9.90. The predicted molar refractivity (Wildman–Crippen MR) is 120 cm³/mol. The molecule has 2 heterocycles. The third kappa shape index (κ3) is 3.54. The molecule has 1 aliphatic carbocycles. The van der Waals surface area contributed by atoms with E-state index in [9.17, 15) is 9.90 Å². The number of likely N-dealkylation sites (tertiary alicyclic amines) is 1. The number of aryl methyl sites for hydroxylation is 2. The SMILES string of the molecule is Cc1ccc2c(c1)nc(C)n2[C@@H]1CCN(CC2Cc3c[c]ccc3[C@H]2C(N)=O)C[C@H]1O. The van der Waals surface area contributed by atoms with Crippen LogP contribution in [0.3, 0.4) is 0 Å². The zero-order valence-electron chi connectivity index (χ0n) is 18.1. The normalized spacial score (nSPS) is 26.3. The highest BCUT2D eigenvalue weighted by molar-refractivity contribution is 5.83. The van der Waals surface area contributed by atoms with E-state index < -0.39 is 6.10 Å². The molecule has 0 spiro atoms. The number of hydrogen-bond donors (Lipinski definition) is 2. The van der Waals surface area contributed by atoms with Crippen molar-refractivity contribution < 1.29 is 9.90 Å². The zero-order chi connectivity index (χ0) is 21.7. The lowest BCUT2D eigenvalue weighted by Crippen LogP contribution is -2.47. The van der Waals surface area contributed by atoms with Gasteiger partial charge in [-0.25, -0.2) is 4.98 Å². The number of hydrogen-bond acceptors (Lipinski definition) is 4. The Kier molecular flexibility index (Phi) is 5.07. The predicted octanol–water partition coefficient (Wildman–Crippen LogP) is 2.50. The number of carbonyl (C=O) groups excluding carboxylic acids is 1. The second-order valence-electron chi connectivity index (χ2n) is 9.17. The van der Waals surface area contributed by atoms with Crippen LogP contribution in [0.1, 0.15) is 40.9 Å². The van der Waals surface area contributed by atoms with Crippen LogP contribution in [0.5, 0.6) is 0 Å². The molecule has 31 heavy (non-hydrogen) atoms. The molecule has 2 aliphatic rings. The van der Waals surface area contributed by atoms with E-state index in [1.165, 1.54) is 11.1 Å². The zero-order valence-corrected chi connectivity index (χ0v) is 18.1. The van der Waals surface area contributed by atoms with Crippen molar-refractivity contribution >= 4 is 16.9 Å². The van der Waals surface area contributed by atoms with Crippen molar-refractivity contribution in [3.05, 3.63) is 65.0 Å². The molecule has 2 aromatic carbocycles. The van der Waals surface area contributed by atoms with Gasteiger partial charge < -0.3 is 20.3 Å². The van der Waals surface area contributed by atoms with E-state index in [0.717, 1.165) is 48.4 Å². The van der Waals surface area contributed by atoms with E-state index in [1.54, 1.807) is 0 Å². The van der Waals surface area contributed by atoms with Gasteiger partial charge in [0.2, 0.25) is 5.91 Å². The first-order valence-corrected chi connectivity index (χ1v) is 11.1. The van der Waals surface area contributed by atoms with Crippen LogP contribution < -0.4 is 5.73 Å². The molecule has 1 fully saturated rings. The standard InChI is InChI=1S/C25H29N4O2/c1-15-7-8-21-20(11-15)27-16(2)29(21)22-9-10-28(14-23(22)30)13-18-12-17-5-3-4-6-19(17)24(18)25(26)31/h4-8,11,18,22-24,30H,9-10,12-14H2,1-2H3,(H2,26,31)/t18?,22-,23-,24+/m1/s1. The summed E-state index contributed by atoms with van der Waals surface area (Å²) in [5, 5.41) is 11.1. The number of amides is 1. The first kappa shape index (κ1) is 20.2. The summed E-state index contributed by atoms with van der Waals surface area (Å²) in [6.07, 6.45) is 1.19. The molecule has 6 heteroatoms. The van der Waals surface area contributed by atoms with Crippen molar-refractivity contribution in [1.82, 2.24) is 14.5 Å². The third-order valence-corrected chi connectivity index (χ3v) is 7.06. The van der Waals surface area contributed by atoms with Crippen LogP contribution in [0, 0.1) is 25.8 Å². The number of β-amino-alcohol motifs (C(OH)–C–C–N with tert-alkyl or cyclic N) is 1. The number of piperidine rings is 1. The Balaban J connectivity index is 1.32. The van der Waals surface area contributed by atoms with Gasteiger partial charge in [-0.05, 0) is 67.5 Å². The van der Waals surface area contributed by atoms with Crippen molar-refractivity contribution in [2.45, 2.75) is 44.8 Å². The van der Waals surface area contributed by atoms with Gasteiger partial charge in [0.05, 0.1) is 29.1 Å². The maximum absolute atomic E-state index is 12.2.